The molecule has 0 aliphatic heterocycles. The summed E-state index contributed by atoms with van der Waals surface area (Å²) in [6, 6.07) is 6.77. The van der Waals surface area contributed by atoms with E-state index in [1.54, 1.807) is 25.1 Å². The van der Waals surface area contributed by atoms with Crippen LogP contribution in [-0.4, -0.2) is 16.9 Å². The number of aromatic nitrogens is 1. The van der Waals surface area contributed by atoms with Gasteiger partial charge < -0.3 is 20.2 Å². The van der Waals surface area contributed by atoms with Crippen molar-refractivity contribution in [1.82, 2.24) is 10.3 Å². The minimum atomic E-state index is -0.466. The molecule has 0 aliphatic rings. The maximum Gasteiger partial charge on any atom is 0.323 e. The number of halogens is 1. The fourth-order valence-corrected chi connectivity index (χ4v) is 1.97. The lowest BCUT2D eigenvalue weighted by atomic mass is 10.2. The first-order valence-corrected chi connectivity index (χ1v) is 7.90. The van der Waals surface area contributed by atoms with E-state index in [-0.39, 0.29) is 23.6 Å². The lowest BCUT2D eigenvalue weighted by Crippen LogP contribution is -2.28. The third kappa shape index (κ3) is 5.99. The van der Waals surface area contributed by atoms with Crippen LogP contribution in [0.2, 0.25) is 0 Å². The number of hydrogen-bond donors (Lipinski definition) is 3. The maximum absolute atomic E-state index is 11.9. The van der Waals surface area contributed by atoms with Gasteiger partial charge in [-0.3, -0.25) is 5.32 Å². The van der Waals surface area contributed by atoms with E-state index in [9.17, 15) is 4.79 Å². The number of amides is 2. The number of nitrogens with one attached hydrogen (secondary N) is 2. The number of urea groups is 1. The first-order valence-electron chi connectivity index (χ1n) is 7.52. The standard InChI is InChI=1S/C17H18ClN5O3/c1-11-10-25-17(21-11)23-16(24)20-9-13-5-3-4-6-14(13)26-15(7-8-19)22-12(2)18/h3-8,10H,2,9,19H2,1H3,(H2,20,21,23,24)/b8-7-,22-15+. The van der Waals surface area contributed by atoms with E-state index < -0.39 is 6.03 Å². The smallest absolute Gasteiger partial charge is 0.323 e. The lowest BCUT2D eigenvalue weighted by Gasteiger charge is -2.11. The number of benzene rings is 1. The molecule has 0 bridgehead atoms. The number of rotatable bonds is 6. The zero-order valence-corrected chi connectivity index (χ0v) is 14.8. The second-order valence-corrected chi connectivity index (χ2v) is 5.43. The van der Waals surface area contributed by atoms with Gasteiger partial charge in [0.25, 0.3) is 0 Å². The molecule has 9 heteroatoms. The van der Waals surface area contributed by atoms with E-state index in [1.165, 1.54) is 18.5 Å². The summed E-state index contributed by atoms with van der Waals surface area (Å²) in [6.45, 7) is 5.44. The Hall–Kier alpha value is -3.26. The first-order chi connectivity index (χ1) is 12.5. The summed E-state index contributed by atoms with van der Waals surface area (Å²) in [4.78, 5) is 19.9. The van der Waals surface area contributed by atoms with Crippen LogP contribution in [-0.2, 0) is 6.54 Å². The van der Waals surface area contributed by atoms with Gasteiger partial charge >= 0.3 is 12.0 Å². The van der Waals surface area contributed by atoms with E-state index in [4.69, 9.17) is 26.5 Å². The molecule has 0 unspecified atom stereocenters. The molecule has 0 saturated carbocycles. The zero-order valence-electron chi connectivity index (χ0n) is 14.0. The molecule has 2 amide bonds. The summed E-state index contributed by atoms with van der Waals surface area (Å²) >= 11 is 5.68. The molecule has 2 rings (SSSR count). The second kappa shape index (κ2) is 9.28. The molecule has 8 nitrogen and oxygen atoms in total. The lowest BCUT2D eigenvalue weighted by molar-refractivity contribution is 0.251. The van der Waals surface area contributed by atoms with Gasteiger partial charge in [-0.25, -0.2) is 9.79 Å². The number of anilines is 1. The summed E-state index contributed by atoms with van der Waals surface area (Å²) in [5.74, 6) is 0.647. The third-order valence-corrected chi connectivity index (χ3v) is 3.02. The van der Waals surface area contributed by atoms with Gasteiger partial charge in [0.1, 0.15) is 17.2 Å². The zero-order chi connectivity index (χ0) is 18.9. The Bertz CT molecular complexity index is 844. The van der Waals surface area contributed by atoms with E-state index in [0.29, 0.717) is 17.0 Å². The van der Waals surface area contributed by atoms with E-state index in [1.807, 2.05) is 6.07 Å². The molecule has 26 heavy (non-hydrogen) atoms. The largest absolute Gasteiger partial charge is 0.439 e. The van der Waals surface area contributed by atoms with Gasteiger partial charge in [0, 0.05) is 18.2 Å². The van der Waals surface area contributed by atoms with Gasteiger partial charge in [-0.2, -0.15) is 4.98 Å². The molecular weight excluding hydrogens is 358 g/mol. The number of carbonyl (C=O) groups is 1. The van der Waals surface area contributed by atoms with E-state index in [0.717, 1.165) is 0 Å². The number of aliphatic imine (C=N–C) groups is 1. The van der Waals surface area contributed by atoms with Crippen LogP contribution in [0.4, 0.5) is 10.8 Å². The predicted octanol–water partition coefficient (Wildman–Crippen LogP) is 3.26. The van der Waals surface area contributed by atoms with Crippen molar-refractivity contribution in [3.05, 3.63) is 65.8 Å². The highest BCUT2D eigenvalue weighted by Crippen LogP contribution is 2.19. The van der Waals surface area contributed by atoms with Crippen molar-refractivity contribution in [1.29, 1.82) is 0 Å². The number of para-hydroxylation sites is 1. The quantitative estimate of drug-likeness (QED) is 0.407. The van der Waals surface area contributed by atoms with Gasteiger partial charge in [-0.05, 0) is 19.2 Å². The van der Waals surface area contributed by atoms with Crippen LogP contribution in [0.3, 0.4) is 0 Å². The number of hydrogen-bond acceptors (Lipinski definition) is 6. The molecule has 0 spiro atoms. The van der Waals surface area contributed by atoms with Gasteiger partial charge in [-0.1, -0.05) is 36.4 Å². The number of ether oxygens (including phenoxy) is 1. The minimum absolute atomic E-state index is 0.0503. The molecule has 2 aromatic rings. The van der Waals surface area contributed by atoms with Gasteiger partial charge in [0.2, 0.25) is 5.90 Å². The number of oxazole rings is 1. The SMILES string of the molecule is C=C(Cl)/N=C(\C=C/N)Oc1ccccc1CNC(=O)Nc1nc(C)co1. The highest BCUT2D eigenvalue weighted by molar-refractivity contribution is 6.29. The van der Waals surface area contributed by atoms with Crippen LogP contribution in [0, 0.1) is 6.92 Å². The Balaban J connectivity index is 2.03. The van der Waals surface area contributed by atoms with Crippen molar-refractivity contribution >= 4 is 29.5 Å². The topological polar surface area (TPSA) is 115 Å². The molecule has 1 aromatic heterocycles. The van der Waals surface area contributed by atoms with Crippen molar-refractivity contribution in [2.24, 2.45) is 10.7 Å². The van der Waals surface area contributed by atoms with Gasteiger partial charge in [-0.15, -0.1) is 0 Å². The number of nitrogens with zero attached hydrogens (tertiary/aromatic N) is 2. The number of carbonyl (C=O) groups excluding carboxylic acids is 1. The number of nitrogens with two attached hydrogens (primary N) is 1. The van der Waals surface area contributed by atoms with Crippen LogP contribution in [0.15, 0.2) is 63.9 Å². The molecule has 1 heterocycles. The first kappa shape index (κ1) is 19.1. The second-order valence-electron chi connectivity index (χ2n) is 5.00. The van der Waals surface area contributed by atoms with Crippen molar-refractivity contribution in [3.63, 3.8) is 0 Å². The van der Waals surface area contributed by atoms with Crippen molar-refractivity contribution < 1.29 is 13.9 Å². The molecule has 0 saturated heterocycles. The summed E-state index contributed by atoms with van der Waals surface area (Å²) in [5, 5.41) is 5.23. The molecule has 0 radical (unpaired) electrons. The minimum Gasteiger partial charge on any atom is -0.439 e. The normalized spacial score (nSPS) is 11.4. The highest BCUT2D eigenvalue weighted by atomic mass is 35.5. The molecule has 0 fully saturated rings. The molecule has 1 aromatic carbocycles. The number of aryl methyl sites for hydroxylation is 1. The Morgan fingerprint density at radius 3 is 2.92 bits per heavy atom. The van der Waals surface area contributed by atoms with Crippen LogP contribution in [0.25, 0.3) is 0 Å². The molecular formula is C17H18ClN5O3. The summed E-state index contributed by atoms with van der Waals surface area (Å²) in [6.07, 6.45) is 4.15. The Kier molecular flexibility index (Phi) is 6.81. The monoisotopic (exact) mass is 375 g/mol. The van der Waals surface area contributed by atoms with Crippen LogP contribution < -0.4 is 21.1 Å². The molecule has 0 aliphatic carbocycles. The summed E-state index contributed by atoms with van der Waals surface area (Å²) in [5.41, 5.74) is 6.75. The van der Waals surface area contributed by atoms with E-state index >= 15 is 0 Å². The van der Waals surface area contributed by atoms with Gasteiger partial charge in [0.15, 0.2) is 0 Å². The van der Waals surface area contributed by atoms with Crippen LogP contribution in [0.5, 0.6) is 5.75 Å². The molecule has 136 valence electrons. The van der Waals surface area contributed by atoms with E-state index in [2.05, 4.69) is 27.2 Å². The third-order valence-electron chi connectivity index (χ3n) is 2.94. The average molecular weight is 376 g/mol. The van der Waals surface area contributed by atoms with Crippen molar-refractivity contribution in [2.75, 3.05) is 5.32 Å². The van der Waals surface area contributed by atoms with Crippen molar-refractivity contribution in [3.8, 4) is 5.75 Å². The Labute approximate surface area is 155 Å². The van der Waals surface area contributed by atoms with Crippen LogP contribution in [0.1, 0.15) is 11.3 Å². The summed E-state index contributed by atoms with van der Waals surface area (Å²) in [7, 11) is 0. The highest BCUT2D eigenvalue weighted by Gasteiger charge is 2.10. The van der Waals surface area contributed by atoms with Crippen LogP contribution >= 0.6 is 11.6 Å². The fraction of sp³-hybridized carbons (Fsp3) is 0.118. The van der Waals surface area contributed by atoms with Crippen molar-refractivity contribution in [2.45, 2.75) is 13.5 Å². The maximum atomic E-state index is 11.9. The Morgan fingerprint density at radius 2 is 2.27 bits per heavy atom. The Morgan fingerprint density at radius 1 is 1.50 bits per heavy atom. The van der Waals surface area contributed by atoms with Gasteiger partial charge in [0.05, 0.1) is 5.69 Å². The fourth-order valence-electron chi connectivity index (χ4n) is 1.89. The predicted molar refractivity (Wildman–Crippen MR) is 99.9 cm³/mol. The summed E-state index contributed by atoms with van der Waals surface area (Å²) < 4.78 is 10.7. The average Bonchev–Trinajstić information content (AvgIpc) is 2.98. The molecule has 0 atom stereocenters. The molecule has 4 N–H and O–H groups in total.